The van der Waals surface area contributed by atoms with Crippen LogP contribution in [-0.2, 0) is 11.2 Å². The fraction of sp³-hybridized carbons (Fsp3) is 0.364. The number of methoxy groups -OCH3 is 1. The molecule has 2 aromatic carbocycles. The van der Waals surface area contributed by atoms with Crippen molar-refractivity contribution < 1.29 is 28.5 Å². The summed E-state index contributed by atoms with van der Waals surface area (Å²) in [5, 5.41) is 2.79. The number of nitrogens with two attached hydrogens (primary N) is 1. The van der Waals surface area contributed by atoms with Crippen molar-refractivity contribution in [2.45, 2.75) is 20.3 Å². The first-order valence-electron chi connectivity index (χ1n) is 9.74. The summed E-state index contributed by atoms with van der Waals surface area (Å²) in [7, 11) is 1.44. The lowest BCUT2D eigenvalue weighted by Crippen LogP contribution is -2.31. The van der Waals surface area contributed by atoms with E-state index in [1.54, 1.807) is 12.1 Å². The summed E-state index contributed by atoms with van der Waals surface area (Å²) >= 11 is 0. The van der Waals surface area contributed by atoms with Gasteiger partial charge in [-0.05, 0) is 50.1 Å². The van der Waals surface area contributed by atoms with Crippen molar-refractivity contribution >= 4 is 11.8 Å². The molecule has 2 amide bonds. The van der Waals surface area contributed by atoms with Crippen molar-refractivity contribution in [3.63, 3.8) is 0 Å². The summed E-state index contributed by atoms with van der Waals surface area (Å²) in [4.78, 5) is 23.7. The average molecular weight is 416 g/mol. The molecular weight excluding hydrogens is 388 g/mol. The number of hydrogen-bond acceptors (Lipinski definition) is 6. The quantitative estimate of drug-likeness (QED) is 0.550. The molecule has 0 heterocycles. The van der Waals surface area contributed by atoms with Gasteiger partial charge in [-0.1, -0.05) is 12.1 Å². The number of ether oxygens (including phenoxy) is 4. The monoisotopic (exact) mass is 416 g/mol. The van der Waals surface area contributed by atoms with E-state index < -0.39 is 5.91 Å². The molecule has 0 aliphatic rings. The van der Waals surface area contributed by atoms with Crippen LogP contribution in [0.5, 0.6) is 23.0 Å². The van der Waals surface area contributed by atoms with Crippen LogP contribution in [0.3, 0.4) is 0 Å². The zero-order chi connectivity index (χ0) is 21.9. The molecule has 2 aromatic rings. The minimum absolute atomic E-state index is 0.149. The normalized spacial score (nSPS) is 10.2. The van der Waals surface area contributed by atoms with Crippen LogP contribution in [0.1, 0.15) is 29.8 Å². The van der Waals surface area contributed by atoms with E-state index in [1.165, 1.54) is 13.2 Å². The molecule has 8 heteroatoms. The Kier molecular flexibility index (Phi) is 8.80. The number of para-hydroxylation sites is 1. The van der Waals surface area contributed by atoms with Gasteiger partial charge in [0.25, 0.3) is 11.8 Å². The number of primary amides is 1. The zero-order valence-corrected chi connectivity index (χ0v) is 17.5. The van der Waals surface area contributed by atoms with Crippen LogP contribution in [0, 0.1) is 0 Å². The maximum absolute atomic E-state index is 12.2. The van der Waals surface area contributed by atoms with E-state index in [4.69, 9.17) is 24.7 Å². The van der Waals surface area contributed by atoms with Gasteiger partial charge < -0.3 is 30.0 Å². The van der Waals surface area contributed by atoms with Gasteiger partial charge in [-0.3, -0.25) is 9.59 Å². The van der Waals surface area contributed by atoms with E-state index in [0.717, 1.165) is 5.56 Å². The van der Waals surface area contributed by atoms with Crippen molar-refractivity contribution in [2.75, 3.05) is 33.5 Å². The Labute approximate surface area is 176 Å². The van der Waals surface area contributed by atoms with Crippen LogP contribution in [0.4, 0.5) is 0 Å². The molecule has 0 spiro atoms. The minimum atomic E-state index is -0.662. The predicted molar refractivity (Wildman–Crippen MR) is 113 cm³/mol. The molecule has 0 bridgehead atoms. The third-order valence-corrected chi connectivity index (χ3v) is 4.16. The first kappa shape index (κ1) is 22.9. The highest BCUT2D eigenvalue weighted by Crippen LogP contribution is 2.31. The standard InChI is InChI=1S/C22H28N2O6/c1-4-28-17-10-9-15(13-19(17)29-5-2)11-12-24-20(25)14-30-21-16(22(23)26)7-6-8-18(21)27-3/h6-10,13H,4-5,11-12,14H2,1-3H3,(H2,23,26)(H,24,25). The summed E-state index contributed by atoms with van der Waals surface area (Å²) in [5.41, 5.74) is 6.51. The second kappa shape index (κ2) is 11.5. The van der Waals surface area contributed by atoms with Gasteiger partial charge in [0.15, 0.2) is 29.6 Å². The van der Waals surface area contributed by atoms with E-state index >= 15 is 0 Å². The molecule has 2 rings (SSSR count). The Bertz CT molecular complexity index is 869. The highest BCUT2D eigenvalue weighted by atomic mass is 16.5. The fourth-order valence-corrected chi connectivity index (χ4v) is 2.81. The maximum atomic E-state index is 12.2. The Hall–Kier alpha value is -3.42. The number of nitrogens with one attached hydrogen (secondary N) is 1. The molecule has 0 radical (unpaired) electrons. The van der Waals surface area contributed by atoms with Crippen LogP contribution >= 0.6 is 0 Å². The highest BCUT2D eigenvalue weighted by Gasteiger charge is 2.16. The molecular formula is C22H28N2O6. The molecule has 0 unspecified atom stereocenters. The topological polar surface area (TPSA) is 109 Å². The molecule has 162 valence electrons. The third kappa shape index (κ3) is 6.30. The van der Waals surface area contributed by atoms with E-state index in [0.29, 0.717) is 43.4 Å². The summed E-state index contributed by atoms with van der Waals surface area (Å²) in [6, 6.07) is 10.5. The lowest BCUT2D eigenvalue weighted by atomic mass is 10.1. The first-order valence-corrected chi connectivity index (χ1v) is 9.74. The summed E-state index contributed by atoms with van der Waals surface area (Å²) in [6.45, 7) is 5.06. The number of amides is 2. The van der Waals surface area contributed by atoms with Crippen LogP contribution in [0.15, 0.2) is 36.4 Å². The van der Waals surface area contributed by atoms with Gasteiger partial charge in [-0.25, -0.2) is 0 Å². The Balaban J connectivity index is 1.90. The molecule has 0 saturated heterocycles. The highest BCUT2D eigenvalue weighted by molar-refractivity contribution is 5.96. The number of benzene rings is 2. The molecule has 0 aliphatic heterocycles. The Morgan fingerprint density at radius 1 is 0.967 bits per heavy atom. The molecule has 0 aliphatic carbocycles. The number of rotatable bonds is 12. The fourth-order valence-electron chi connectivity index (χ4n) is 2.81. The molecule has 3 N–H and O–H groups in total. The van der Waals surface area contributed by atoms with Crippen LogP contribution in [0.2, 0.25) is 0 Å². The molecule has 0 aromatic heterocycles. The van der Waals surface area contributed by atoms with Crippen LogP contribution in [-0.4, -0.2) is 45.3 Å². The van der Waals surface area contributed by atoms with Gasteiger partial charge >= 0.3 is 0 Å². The average Bonchev–Trinajstić information content (AvgIpc) is 2.74. The lowest BCUT2D eigenvalue weighted by molar-refractivity contribution is -0.123. The predicted octanol–water partition coefficient (Wildman–Crippen LogP) is 2.33. The van der Waals surface area contributed by atoms with Gasteiger partial charge in [0.05, 0.1) is 25.9 Å². The second-order valence-electron chi connectivity index (χ2n) is 6.24. The van der Waals surface area contributed by atoms with Crippen LogP contribution in [0.25, 0.3) is 0 Å². The van der Waals surface area contributed by atoms with E-state index in [2.05, 4.69) is 5.32 Å². The molecule has 0 fully saturated rings. The SMILES string of the molecule is CCOc1ccc(CCNC(=O)COc2c(OC)cccc2C(N)=O)cc1OCC. The van der Waals surface area contributed by atoms with E-state index in [1.807, 2.05) is 32.0 Å². The summed E-state index contributed by atoms with van der Waals surface area (Å²) in [5.74, 6) is 0.869. The van der Waals surface area contributed by atoms with Gasteiger partial charge in [-0.2, -0.15) is 0 Å². The van der Waals surface area contributed by atoms with E-state index in [-0.39, 0.29) is 23.8 Å². The van der Waals surface area contributed by atoms with Crippen molar-refractivity contribution in [1.82, 2.24) is 5.32 Å². The summed E-state index contributed by atoms with van der Waals surface area (Å²) < 4.78 is 21.9. The maximum Gasteiger partial charge on any atom is 0.257 e. The smallest absolute Gasteiger partial charge is 0.257 e. The third-order valence-electron chi connectivity index (χ3n) is 4.16. The minimum Gasteiger partial charge on any atom is -0.493 e. The Morgan fingerprint density at radius 3 is 2.37 bits per heavy atom. The lowest BCUT2D eigenvalue weighted by Gasteiger charge is -2.14. The largest absolute Gasteiger partial charge is 0.493 e. The van der Waals surface area contributed by atoms with Gasteiger partial charge in [0, 0.05) is 6.54 Å². The van der Waals surface area contributed by atoms with Gasteiger partial charge in [0.2, 0.25) is 0 Å². The number of carbonyl (C=O) groups is 2. The molecule has 0 saturated carbocycles. The van der Waals surface area contributed by atoms with Crippen molar-refractivity contribution in [1.29, 1.82) is 0 Å². The van der Waals surface area contributed by atoms with Crippen LogP contribution < -0.4 is 30.0 Å². The molecule has 8 nitrogen and oxygen atoms in total. The van der Waals surface area contributed by atoms with Gasteiger partial charge in [-0.15, -0.1) is 0 Å². The summed E-state index contributed by atoms with van der Waals surface area (Å²) in [6.07, 6.45) is 0.611. The molecule has 0 atom stereocenters. The second-order valence-corrected chi connectivity index (χ2v) is 6.24. The van der Waals surface area contributed by atoms with Gasteiger partial charge in [0.1, 0.15) is 0 Å². The first-order chi connectivity index (χ1) is 14.5. The Morgan fingerprint density at radius 2 is 1.70 bits per heavy atom. The number of hydrogen-bond donors (Lipinski definition) is 2. The number of carbonyl (C=O) groups excluding carboxylic acids is 2. The van der Waals surface area contributed by atoms with Crippen molar-refractivity contribution in [3.05, 3.63) is 47.5 Å². The molecule has 30 heavy (non-hydrogen) atoms. The van der Waals surface area contributed by atoms with Crippen molar-refractivity contribution in [2.24, 2.45) is 5.73 Å². The van der Waals surface area contributed by atoms with E-state index in [9.17, 15) is 9.59 Å². The van der Waals surface area contributed by atoms with Crippen molar-refractivity contribution in [3.8, 4) is 23.0 Å². The zero-order valence-electron chi connectivity index (χ0n) is 17.5.